The number of carbonyl (C=O) groups excluding carboxylic acids is 2. The second kappa shape index (κ2) is 9.23. The second-order valence-corrected chi connectivity index (χ2v) is 8.23. The third-order valence-corrected chi connectivity index (χ3v) is 4.88. The van der Waals surface area contributed by atoms with Crippen LogP contribution in [0.25, 0.3) is 0 Å². The molecule has 1 saturated heterocycles. The molecule has 0 aliphatic carbocycles. The summed E-state index contributed by atoms with van der Waals surface area (Å²) in [5, 5.41) is 8.23. The number of hydrogen-bond donors (Lipinski definition) is 2. The van der Waals surface area contributed by atoms with Crippen LogP contribution in [0, 0.1) is 0 Å². The van der Waals surface area contributed by atoms with Crippen LogP contribution in [0.3, 0.4) is 0 Å². The lowest BCUT2D eigenvalue weighted by atomic mass is 10.1. The Balaban J connectivity index is 1.76. The SMILES string of the molecule is CCOC(=O)Nc1ccsc1CNC1CCN(C(=O)OC(C)(C)C)CC1. The summed E-state index contributed by atoms with van der Waals surface area (Å²) in [5.41, 5.74) is 0.320. The van der Waals surface area contributed by atoms with Crippen molar-refractivity contribution in [3.8, 4) is 0 Å². The minimum Gasteiger partial charge on any atom is -0.450 e. The van der Waals surface area contributed by atoms with Crippen LogP contribution in [-0.4, -0.2) is 48.4 Å². The number of nitrogens with one attached hydrogen (secondary N) is 2. The smallest absolute Gasteiger partial charge is 0.411 e. The summed E-state index contributed by atoms with van der Waals surface area (Å²) in [7, 11) is 0. The van der Waals surface area contributed by atoms with Gasteiger partial charge in [-0.15, -0.1) is 11.3 Å². The first-order valence-electron chi connectivity index (χ1n) is 9.00. The first kappa shape index (κ1) is 20.5. The molecule has 8 heteroatoms. The Labute approximate surface area is 159 Å². The quantitative estimate of drug-likeness (QED) is 0.808. The molecule has 0 saturated carbocycles. The average molecular weight is 384 g/mol. The fourth-order valence-corrected chi connectivity index (χ4v) is 3.48. The molecule has 0 atom stereocenters. The van der Waals surface area contributed by atoms with Crippen molar-refractivity contribution >= 4 is 29.2 Å². The van der Waals surface area contributed by atoms with Crippen molar-refractivity contribution in [3.63, 3.8) is 0 Å². The van der Waals surface area contributed by atoms with Crippen molar-refractivity contribution in [1.82, 2.24) is 10.2 Å². The maximum atomic E-state index is 12.1. The lowest BCUT2D eigenvalue weighted by Gasteiger charge is -2.33. The molecule has 1 aliphatic rings. The van der Waals surface area contributed by atoms with Gasteiger partial charge in [-0.1, -0.05) is 0 Å². The molecule has 2 amide bonds. The number of thiophene rings is 1. The first-order chi connectivity index (χ1) is 12.3. The van der Waals surface area contributed by atoms with Crippen LogP contribution in [0.5, 0.6) is 0 Å². The van der Waals surface area contributed by atoms with Crippen molar-refractivity contribution in [2.45, 2.75) is 58.7 Å². The number of hydrogen-bond acceptors (Lipinski definition) is 6. The van der Waals surface area contributed by atoms with E-state index in [4.69, 9.17) is 9.47 Å². The van der Waals surface area contributed by atoms with E-state index in [1.807, 2.05) is 32.2 Å². The molecule has 2 heterocycles. The van der Waals surface area contributed by atoms with Gasteiger partial charge >= 0.3 is 12.2 Å². The molecule has 1 aromatic rings. The van der Waals surface area contributed by atoms with Crippen molar-refractivity contribution in [2.24, 2.45) is 0 Å². The van der Waals surface area contributed by atoms with E-state index in [9.17, 15) is 9.59 Å². The third kappa shape index (κ3) is 6.49. The van der Waals surface area contributed by atoms with Crippen molar-refractivity contribution < 1.29 is 19.1 Å². The second-order valence-electron chi connectivity index (χ2n) is 7.23. The lowest BCUT2D eigenvalue weighted by molar-refractivity contribution is 0.0198. The molecule has 1 aliphatic heterocycles. The van der Waals surface area contributed by atoms with Crippen molar-refractivity contribution in [1.29, 1.82) is 0 Å². The normalized spacial score (nSPS) is 15.6. The molecular formula is C18H29N3O4S. The summed E-state index contributed by atoms with van der Waals surface area (Å²) < 4.78 is 10.3. The summed E-state index contributed by atoms with van der Waals surface area (Å²) >= 11 is 1.59. The molecule has 26 heavy (non-hydrogen) atoms. The predicted molar refractivity (Wildman–Crippen MR) is 103 cm³/mol. The minimum atomic E-state index is -0.465. The predicted octanol–water partition coefficient (Wildman–Crippen LogP) is 3.81. The first-order valence-corrected chi connectivity index (χ1v) is 9.88. The van der Waals surface area contributed by atoms with E-state index in [2.05, 4.69) is 10.6 Å². The van der Waals surface area contributed by atoms with Gasteiger partial charge in [-0.25, -0.2) is 9.59 Å². The Bertz CT molecular complexity index is 604. The number of anilines is 1. The van der Waals surface area contributed by atoms with E-state index in [1.165, 1.54) is 0 Å². The van der Waals surface area contributed by atoms with Crippen LogP contribution in [0.15, 0.2) is 11.4 Å². The summed E-state index contributed by atoms with van der Waals surface area (Å²) in [5.74, 6) is 0. The highest BCUT2D eigenvalue weighted by Crippen LogP contribution is 2.23. The number of ether oxygens (including phenoxy) is 2. The molecule has 1 fully saturated rings. The Kier molecular flexibility index (Phi) is 7.28. The fraction of sp³-hybridized carbons (Fsp3) is 0.667. The zero-order chi connectivity index (χ0) is 19.2. The maximum absolute atomic E-state index is 12.1. The Morgan fingerprint density at radius 3 is 2.62 bits per heavy atom. The molecule has 0 aromatic carbocycles. The van der Waals surface area contributed by atoms with E-state index in [0.717, 1.165) is 23.4 Å². The van der Waals surface area contributed by atoms with Crippen molar-refractivity contribution in [2.75, 3.05) is 25.0 Å². The Morgan fingerprint density at radius 1 is 1.31 bits per heavy atom. The highest BCUT2D eigenvalue weighted by molar-refractivity contribution is 7.10. The van der Waals surface area contributed by atoms with Gasteiger partial charge in [-0.05, 0) is 52.0 Å². The Morgan fingerprint density at radius 2 is 2.00 bits per heavy atom. The topological polar surface area (TPSA) is 79.9 Å². The van der Waals surface area contributed by atoms with Gasteiger partial charge in [0.2, 0.25) is 0 Å². The van der Waals surface area contributed by atoms with Gasteiger partial charge in [0.25, 0.3) is 0 Å². The van der Waals surface area contributed by atoms with Crippen LogP contribution in [-0.2, 0) is 16.0 Å². The van der Waals surface area contributed by atoms with Gasteiger partial charge in [-0.3, -0.25) is 5.32 Å². The molecule has 0 bridgehead atoms. The number of piperidine rings is 1. The number of carbonyl (C=O) groups is 2. The van der Waals surface area contributed by atoms with E-state index in [-0.39, 0.29) is 6.09 Å². The molecule has 146 valence electrons. The molecule has 7 nitrogen and oxygen atoms in total. The van der Waals surface area contributed by atoms with E-state index >= 15 is 0 Å². The highest BCUT2D eigenvalue weighted by Gasteiger charge is 2.26. The minimum absolute atomic E-state index is 0.241. The highest BCUT2D eigenvalue weighted by atomic mass is 32.1. The maximum Gasteiger partial charge on any atom is 0.411 e. The zero-order valence-electron chi connectivity index (χ0n) is 16.0. The van der Waals surface area contributed by atoms with Gasteiger partial charge in [-0.2, -0.15) is 0 Å². The van der Waals surface area contributed by atoms with Gasteiger partial charge < -0.3 is 19.7 Å². The van der Waals surface area contributed by atoms with Crippen LogP contribution in [0.1, 0.15) is 45.4 Å². The van der Waals surface area contributed by atoms with Gasteiger partial charge in [0.1, 0.15) is 5.60 Å². The lowest BCUT2D eigenvalue weighted by Crippen LogP contribution is -2.46. The van der Waals surface area contributed by atoms with E-state index < -0.39 is 11.7 Å². The molecular weight excluding hydrogens is 354 g/mol. The standard InChI is InChI=1S/C18H29N3O4S/c1-5-24-16(22)20-14-8-11-26-15(14)12-19-13-6-9-21(10-7-13)17(23)25-18(2,3)4/h8,11,13,19H,5-7,9-10,12H2,1-4H3,(H,20,22). The van der Waals surface area contributed by atoms with Crippen LogP contribution < -0.4 is 10.6 Å². The van der Waals surface area contributed by atoms with Gasteiger partial charge in [0, 0.05) is 30.6 Å². The molecule has 0 radical (unpaired) electrons. The molecule has 0 spiro atoms. The molecule has 1 aromatic heterocycles. The van der Waals surface area contributed by atoms with Gasteiger partial charge in [0.15, 0.2) is 0 Å². The summed E-state index contributed by atoms with van der Waals surface area (Å²) in [6.45, 7) is 9.80. The summed E-state index contributed by atoms with van der Waals surface area (Å²) in [6.07, 6.45) is 1.09. The Hall–Kier alpha value is -1.80. The molecule has 2 rings (SSSR count). The largest absolute Gasteiger partial charge is 0.450 e. The average Bonchev–Trinajstić information content (AvgIpc) is 2.99. The summed E-state index contributed by atoms with van der Waals surface area (Å²) in [4.78, 5) is 26.5. The molecule has 2 N–H and O–H groups in total. The van der Waals surface area contributed by atoms with Gasteiger partial charge in [0.05, 0.1) is 12.3 Å². The number of likely N-dealkylation sites (tertiary alicyclic amines) is 1. The summed E-state index contributed by atoms with van der Waals surface area (Å²) in [6, 6.07) is 2.22. The fourth-order valence-electron chi connectivity index (χ4n) is 2.70. The van der Waals surface area contributed by atoms with E-state index in [0.29, 0.717) is 32.3 Å². The van der Waals surface area contributed by atoms with E-state index in [1.54, 1.807) is 23.2 Å². The van der Waals surface area contributed by atoms with Crippen molar-refractivity contribution in [3.05, 3.63) is 16.3 Å². The number of amides is 2. The number of rotatable bonds is 5. The number of nitrogens with zero attached hydrogens (tertiary/aromatic N) is 1. The zero-order valence-corrected chi connectivity index (χ0v) is 16.8. The third-order valence-electron chi connectivity index (χ3n) is 3.96. The van der Waals surface area contributed by atoms with Crippen LogP contribution in [0.4, 0.5) is 15.3 Å². The molecule has 0 unspecified atom stereocenters. The van der Waals surface area contributed by atoms with Crippen LogP contribution in [0.2, 0.25) is 0 Å². The van der Waals surface area contributed by atoms with Crippen LogP contribution >= 0.6 is 11.3 Å². The monoisotopic (exact) mass is 383 g/mol.